The highest BCUT2D eigenvalue weighted by atomic mass is 35.5. The van der Waals surface area contributed by atoms with Crippen molar-refractivity contribution in [1.29, 1.82) is 0 Å². The molecule has 0 saturated heterocycles. The molecule has 35 heavy (non-hydrogen) atoms. The van der Waals surface area contributed by atoms with Gasteiger partial charge < -0.3 is 14.2 Å². The fourth-order valence-electron chi connectivity index (χ4n) is 3.79. The van der Waals surface area contributed by atoms with Crippen molar-refractivity contribution in [3.05, 3.63) is 93.9 Å². The maximum atomic E-state index is 13.6. The van der Waals surface area contributed by atoms with E-state index >= 15 is 0 Å². The van der Waals surface area contributed by atoms with E-state index in [1.807, 2.05) is 49.4 Å². The van der Waals surface area contributed by atoms with Gasteiger partial charge in [0.1, 0.15) is 29.2 Å². The van der Waals surface area contributed by atoms with Crippen molar-refractivity contribution in [2.24, 2.45) is 0 Å². The summed E-state index contributed by atoms with van der Waals surface area (Å²) in [5, 5.41) is 6.28. The van der Waals surface area contributed by atoms with Gasteiger partial charge in [-0.05, 0) is 47.0 Å². The molecule has 0 aliphatic carbocycles. The van der Waals surface area contributed by atoms with Crippen molar-refractivity contribution < 1.29 is 19.0 Å². The number of esters is 1. The summed E-state index contributed by atoms with van der Waals surface area (Å²) in [6.07, 6.45) is 2.31. The van der Waals surface area contributed by atoms with Crippen molar-refractivity contribution in [3.8, 4) is 17.2 Å². The van der Waals surface area contributed by atoms with Gasteiger partial charge in [0, 0.05) is 6.42 Å². The third kappa shape index (κ3) is 5.46. The van der Waals surface area contributed by atoms with Crippen LogP contribution in [0.25, 0.3) is 10.8 Å². The molecule has 0 aliphatic rings. The number of rotatable bonds is 9. The van der Waals surface area contributed by atoms with E-state index in [0.29, 0.717) is 17.9 Å². The number of carbonyl (C=O) groups is 1. The van der Waals surface area contributed by atoms with E-state index in [1.165, 1.54) is 10.9 Å². The van der Waals surface area contributed by atoms with Gasteiger partial charge >= 0.3 is 11.5 Å². The van der Waals surface area contributed by atoms with Crippen LogP contribution in [0.1, 0.15) is 31.4 Å². The molecule has 3 aromatic carbocycles. The number of benzene rings is 3. The summed E-state index contributed by atoms with van der Waals surface area (Å²) in [6, 6.07) is 19.7. The Bertz CT molecular complexity index is 1380. The van der Waals surface area contributed by atoms with Crippen LogP contribution in [-0.4, -0.2) is 29.5 Å². The van der Waals surface area contributed by atoms with Crippen LogP contribution in [-0.2, 0) is 9.53 Å². The van der Waals surface area contributed by atoms with Gasteiger partial charge in [0.15, 0.2) is 0 Å². The number of hydrogen-bond donors (Lipinski definition) is 0. The Hall–Kier alpha value is -3.84. The van der Waals surface area contributed by atoms with Crippen LogP contribution < -0.4 is 15.0 Å². The van der Waals surface area contributed by atoms with Crippen LogP contribution >= 0.6 is 11.6 Å². The summed E-state index contributed by atoms with van der Waals surface area (Å²) < 4.78 is 17.8. The zero-order chi connectivity index (χ0) is 24.8. The molecule has 0 radical (unpaired) electrons. The fraction of sp³-hybridized carbons (Fsp3) is 0.222. The zero-order valence-electron chi connectivity index (χ0n) is 19.4. The molecule has 8 heteroatoms. The van der Waals surface area contributed by atoms with Gasteiger partial charge in [-0.15, -0.1) is 0 Å². The molecule has 0 N–H and O–H groups in total. The van der Waals surface area contributed by atoms with Gasteiger partial charge in [0.2, 0.25) is 5.75 Å². The second-order valence-corrected chi connectivity index (χ2v) is 8.27. The minimum Gasteiger partial charge on any atom is -0.497 e. The summed E-state index contributed by atoms with van der Waals surface area (Å²) in [6.45, 7) is 1.83. The average Bonchev–Trinajstić information content (AvgIpc) is 2.88. The quantitative estimate of drug-likeness (QED) is 0.275. The Morgan fingerprint density at radius 2 is 1.74 bits per heavy atom. The first-order valence-corrected chi connectivity index (χ1v) is 11.6. The normalized spacial score (nSPS) is 11.7. The van der Waals surface area contributed by atoms with Crippen molar-refractivity contribution in [1.82, 2.24) is 9.78 Å². The number of fused-ring (bicyclic) bond motifs is 1. The second kappa shape index (κ2) is 11.1. The van der Waals surface area contributed by atoms with E-state index in [4.69, 9.17) is 25.8 Å². The van der Waals surface area contributed by atoms with Crippen LogP contribution in [0.5, 0.6) is 17.2 Å². The minimum absolute atomic E-state index is 0.0661. The third-order valence-electron chi connectivity index (χ3n) is 5.53. The molecule has 1 aromatic heterocycles. The lowest BCUT2D eigenvalue weighted by Gasteiger charge is -2.21. The van der Waals surface area contributed by atoms with Gasteiger partial charge in [-0.3, -0.25) is 9.59 Å². The summed E-state index contributed by atoms with van der Waals surface area (Å²) in [5.41, 5.74) is 0.248. The molecular formula is C27H25ClN2O5. The Labute approximate surface area is 207 Å². The zero-order valence-corrected chi connectivity index (χ0v) is 20.2. The Morgan fingerprint density at radius 3 is 2.49 bits per heavy atom. The molecule has 4 aromatic rings. The van der Waals surface area contributed by atoms with Crippen LogP contribution in [0, 0.1) is 0 Å². The van der Waals surface area contributed by atoms with E-state index in [2.05, 4.69) is 5.10 Å². The number of halogens is 1. The highest BCUT2D eigenvalue weighted by molar-refractivity contribution is 6.31. The predicted molar refractivity (Wildman–Crippen MR) is 135 cm³/mol. The molecule has 0 aliphatic heterocycles. The molecule has 180 valence electrons. The molecule has 7 nitrogen and oxygen atoms in total. The number of aromatic nitrogens is 2. The van der Waals surface area contributed by atoms with E-state index in [9.17, 15) is 9.59 Å². The molecule has 0 bridgehead atoms. The van der Waals surface area contributed by atoms with Crippen molar-refractivity contribution in [2.75, 3.05) is 13.7 Å². The first-order chi connectivity index (χ1) is 17.0. The lowest BCUT2D eigenvalue weighted by molar-refractivity contribution is -0.144. The molecule has 4 rings (SSSR count). The summed E-state index contributed by atoms with van der Waals surface area (Å²) >= 11 is 6.31. The van der Waals surface area contributed by atoms with Crippen molar-refractivity contribution >= 4 is 28.3 Å². The molecule has 0 amide bonds. The molecule has 0 fully saturated rings. The molecule has 0 saturated carbocycles. The van der Waals surface area contributed by atoms with E-state index in [0.717, 1.165) is 16.3 Å². The highest BCUT2D eigenvalue weighted by Gasteiger charge is 2.24. The maximum absolute atomic E-state index is 13.6. The first kappa shape index (κ1) is 24.3. The minimum atomic E-state index is -0.690. The van der Waals surface area contributed by atoms with Crippen molar-refractivity contribution in [3.63, 3.8) is 0 Å². The fourth-order valence-corrected chi connectivity index (χ4v) is 3.95. The third-order valence-corrected chi connectivity index (χ3v) is 5.80. The highest BCUT2D eigenvalue weighted by Crippen LogP contribution is 2.30. The Balaban J connectivity index is 1.78. The molecule has 0 spiro atoms. The maximum Gasteiger partial charge on any atom is 0.312 e. The van der Waals surface area contributed by atoms with Gasteiger partial charge in [0.05, 0.1) is 13.3 Å². The summed E-state index contributed by atoms with van der Waals surface area (Å²) in [4.78, 5) is 25.8. The number of hydrogen-bond acceptors (Lipinski definition) is 6. The van der Waals surface area contributed by atoms with Crippen LogP contribution in [0.15, 0.2) is 77.7 Å². The van der Waals surface area contributed by atoms with Crippen LogP contribution in [0.4, 0.5) is 0 Å². The summed E-state index contributed by atoms with van der Waals surface area (Å²) in [5.74, 6) is 0.658. The van der Waals surface area contributed by atoms with E-state index in [1.54, 1.807) is 31.4 Å². The van der Waals surface area contributed by atoms with Crippen LogP contribution in [0.2, 0.25) is 5.02 Å². The lowest BCUT2D eigenvalue weighted by atomic mass is 9.99. The molecular weight excluding hydrogens is 468 g/mol. The Kier molecular flexibility index (Phi) is 7.67. The predicted octanol–water partition coefficient (Wildman–Crippen LogP) is 5.78. The number of carbonyl (C=O) groups excluding carboxylic acids is 1. The average molecular weight is 493 g/mol. The second-order valence-electron chi connectivity index (χ2n) is 7.87. The standard InChI is InChI=1S/C27H25ClN2O5/c1-3-7-25(31)34-17-24(22-11-6-9-18-8-4-5-10-21(18)22)30-27(32)26(23(28)16-29-30)35-20-14-12-19(33-2)13-15-20/h4-6,8-16,24H,3,7,17H2,1-2H3. The Morgan fingerprint density at radius 1 is 1.03 bits per heavy atom. The van der Waals surface area contributed by atoms with Gasteiger partial charge in [-0.1, -0.05) is 61.0 Å². The molecule has 1 heterocycles. The van der Waals surface area contributed by atoms with E-state index < -0.39 is 11.6 Å². The summed E-state index contributed by atoms with van der Waals surface area (Å²) in [7, 11) is 1.56. The van der Waals surface area contributed by atoms with Gasteiger partial charge in [-0.2, -0.15) is 5.10 Å². The number of nitrogens with zero attached hydrogens (tertiary/aromatic N) is 2. The topological polar surface area (TPSA) is 79.7 Å². The SMILES string of the molecule is CCCC(=O)OCC(c1cccc2ccccc12)n1ncc(Cl)c(Oc2ccc(OC)cc2)c1=O. The molecule has 1 unspecified atom stereocenters. The van der Waals surface area contributed by atoms with E-state index in [-0.39, 0.29) is 29.8 Å². The smallest absolute Gasteiger partial charge is 0.312 e. The van der Waals surface area contributed by atoms with Crippen LogP contribution in [0.3, 0.4) is 0 Å². The lowest BCUT2D eigenvalue weighted by Crippen LogP contribution is -2.32. The number of ether oxygens (including phenoxy) is 3. The monoisotopic (exact) mass is 492 g/mol. The van der Waals surface area contributed by atoms with Gasteiger partial charge in [-0.25, -0.2) is 4.68 Å². The largest absolute Gasteiger partial charge is 0.497 e. The molecule has 1 atom stereocenters. The first-order valence-electron chi connectivity index (χ1n) is 11.2. The van der Waals surface area contributed by atoms with Crippen molar-refractivity contribution in [2.45, 2.75) is 25.8 Å². The number of methoxy groups -OCH3 is 1. The van der Waals surface area contributed by atoms with Gasteiger partial charge in [0.25, 0.3) is 0 Å².